The van der Waals surface area contributed by atoms with Crippen LogP contribution in [0.25, 0.3) is 0 Å². The summed E-state index contributed by atoms with van der Waals surface area (Å²) < 4.78 is 49.6. The first kappa shape index (κ1) is 18.6. The second-order valence-corrected chi connectivity index (χ2v) is 5.22. The molecule has 0 aliphatic carbocycles. The van der Waals surface area contributed by atoms with Crippen LogP contribution in [0.2, 0.25) is 0 Å². The zero-order valence-corrected chi connectivity index (χ0v) is 13.8. The molecule has 1 amide bonds. The van der Waals surface area contributed by atoms with Gasteiger partial charge in [0.1, 0.15) is 11.5 Å². The Morgan fingerprint density at radius 3 is 2.24 bits per heavy atom. The zero-order chi connectivity index (χ0) is 18.4. The Morgan fingerprint density at radius 1 is 1.08 bits per heavy atom. The van der Waals surface area contributed by atoms with Gasteiger partial charge in [-0.2, -0.15) is 13.2 Å². The van der Waals surface area contributed by atoms with E-state index >= 15 is 0 Å². The van der Waals surface area contributed by atoms with Crippen molar-refractivity contribution in [2.24, 2.45) is 0 Å². The summed E-state index contributed by atoms with van der Waals surface area (Å²) in [4.78, 5) is 12.3. The van der Waals surface area contributed by atoms with E-state index in [0.717, 1.165) is 6.07 Å². The number of methoxy groups -OCH3 is 1. The first-order chi connectivity index (χ1) is 11.8. The van der Waals surface area contributed by atoms with Gasteiger partial charge in [0.25, 0.3) is 5.91 Å². The smallest absolute Gasteiger partial charge is 0.418 e. The number of carbonyl (C=O) groups is 1. The van der Waals surface area contributed by atoms with Crippen LogP contribution >= 0.6 is 0 Å². The third-order valence-electron chi connectivity index (χ3n) is 3.49. The average molecular weight is 353 g/mol. The van der Waals surface area contributed by atoms with Crippen LogP contribution < -0.4 is 14.8 Å². The highest BCUT2D eigenvalue weighted by Gasteiger charge is 2.34. The standard InChI is InChI=1S/C18H18F3NO3/c1-3-16(25-13-10-8-12(24-2)9-11-13)17(23)22-15-7-5-4-6-14(15)18(19,20)21/h4-11,16H,3H2,1-2H3,(H,22,23)/t16-/m1/s1. The molecule has 0 heterocycles. The van der Waals surface area contributed by atoms with Crippen LogP contribution in [0.4, 0.5) is 18.9 Å². The number of rotatable bonds is 6. The maximum absolute atomic E-state index is 13.0. The Kier molecular flexibility index (Phi) is 5.90. The summed E-state index contributed by atoms with van der Waals surface area (Å²) in [6.45, 7) is 1.71. The first-order valence-electron chi connectivity index (χ1n) is 7.63. The zero-order valence-electron chi connectivity index (χ0n) is 13.8. The van der Waals surface area contributed by atoms with Crippen molar-refractivity contribution in [3.05, 3.63) is 54.1 Å². The van der Waals surface area contributed by atoms with Crippen molar-refractivity contribution in [3.8, 4) is 11.5 Å². The van der Waals surface area contributed by atoms with Crippen LogP contribution in [0.1, 0.15) is 18.9 Å². The SMILES string of the molecule is CC[C@@H](Oc1ccc(OC)cc1)C(=O)Nc1ccccc1C(F)(F)F. The van der Waals surface area contributed by atoms with E-state index < -0.39 is 23.8 Å². The maximum Gasteiger partial charge on any atom is 0.418 e. The van der Waals surface area contributed by atoms with Gasteiger partial charge >= 0.3 is 6.18 Å². The highest BCUT2D eigenvalue weighted by Crippen LogP contribution is 2.34. The Morgan fingerprint density at radius 2 is 1.68 bits per heavy atom. The van der Waals surface area contributed by atoms with Gasteiger partial charge in [0.05, 0.1) is 18.4 Å². The molecule has 0 aliphatic rings. The molecule has 0 bridgehead atoms. The van der Waals surface area contributed by atoms with Crippen LogP contribution in [0.5, 0.6) is 11.5 Å². The minimum Gasteiger partial charge on any atom is -0.497 e. The molecular formula is C18H18F3NO3. The minimum atomic E-state index is -4.55. The van der Waals surface area contributed by atoms with Gasteiger partial charge in [-0.15, -0.1) is 0 Å². The van der Waals surface area contributed by atoms with E-state index in [4.69, 9.17) is 9.47 Å². The summed E-state index contributed by atoms with van der Waals surface area (Å²) in [7, 11) is 1.52. The molecule has 2 aromatic rings. The third-order valence-corrected chi connectivity index (χ3v) is 3.49. The fourth-order valence-electron chi connectivity index (χ4n) is 2.19. The van der Waals surface area contributed by atoms with Gasteiger partial charge in [0, 0.05) is 0 Å². The van der Waals surface area contributed by atoms with E-state index in [0.29, 0.717) is 17.9 Å². The molecule has 0 unspecified atom stereocenters. The molecule has 134 valence electrons. The number of nitrogens with one attached hydrogen (secondary N) is 1. The van der Waals surface area contributed by atoms with Crippen molar-refractivity contribution in [2.45, 2.75) is 25.6 Å². The van der Waals surface area contributed by atoms with Crippen molar-refractivity contribution in [2.75, 3.05) is 12.4 Å². The maximum atomic E-state index is 13.0. The Hall–Kier alpha value is -2.70. The number of hydrogen-bond acceptors (Lipinski definition) is 3. The number of benzene rings is 2. The second kappa shape index (κ2) is 7.92. The van der Waals surface area contributed by atoms with E-state index in [-0.39, 0.29) is 5.69 Å². The number of anilines is 1. The average Bonchev–Trinajstić information content (AvgIpc) is 2.59. The molecule has 1 atom stereocenters. The van der Waals surface area contributed by atoms with E-state index in [1.54, 1.807) is 31.2 Å². The van der Waals surface area contributed by atoms with E-state index in [2.05, 4.69) is 5.32 Å². The Labute approximate surface area is 143 Å². The third kappa shape index (κ3) is 4.89. The van der Waals surface area contributed by atoms with Crippen LogP contribution in [-0.2, 0) is 11.0 Å². The molecule has 1 N–H and O–H groups in total. The normalized spacial score (nSPS) is 12.4. The van der Waals surface area contributed by atoms with Crippen LogP contribution in [0.3, 0.4) is 0 Å². The van der Waals surface area contributed by atoms with Crippen LogP contribution in [0.15, 0.2) is 48.5 Å². The minimum absolute atomic E-state index is 0.295. The van der Waals surface area contributed by atoms with E-state index in [1.807, 2.05) is 0 Å². The van der Waals surface area contributed by atoms with Crippen molar-refractivity contribution in [3.63, 3.8) is 0 Å². The Balaban J connectivity index is 2.12. The summed E-state index contributed by atoms with van der Waals surface area (Å²) in [5, 5.41) is 2.30. The number of para-hydroxylation sites is 1. The van der Waals surface area contributed by atoms with Gasteiger partial charge in [0.15, 0.2) is 6.10 Å². The first-order valence-corrected chi connectivity index (χ1v) is 7.63. The predicted molar refractivity (Wildman–Crippen MR) is 87.8 cm³/mol. The lowest BCUT2D eigenvalue weighted by Gasteiger charge is -2.19. The number of halogens is 3. The largest absolute Gasteiger partial charge is 0.497 e. The fourth-order valence-corrected chi connectivity index (χ4v) is 2.19. The molecule has 0 saturated carbocycles. The predicted octanol–water partition coefficient (Wildman–Crippen LogP) is 4.51. The summed E-state index contributed by atoms with van der Waals surface area (Å²) in [6.07, 6.45) is -5.18. The Bertz CT molecular complexity index is 714. The van der Waals surface area contributed by atoms with Crippen molar-refractivity contribution in [1.82, 2.24) is 0 Å². The molecule has 0 saturated heterocycles. The number of amides is 1. The topological polar surface area (TPSA) is 47.6 Å². The molecule has 25 heavy (non-hydrogen) atoms. The van der Waals surface area contributed by atoms with Gasteiger partial charge in [0.2, 0.25) is 0 Å². The van der Waals surface area contributed by atoms with E-state index in [9.17, 15) is 18.0 Å². The lowest BCUT2D eigenvalue weighted by atomic mass is 10.1. The van der Waals surface area contributed by atoms with Crippen molar-refractivity contribution < 1.29 is 27.4 Å². The quantitative estimate of drug-likeness (QED) is 0.831. The number of ether oxygens (including phenoxy) is 2. The van der Waals surface area contributed by atoms with Gasteiger partial charge in [-0.1, -0.05) is 19.1 Å². The summed E-state index contributed by atoms with van der Waals surface area (Å²) in [5.74, 6) is 0.408. The number of alkyl halides is 3. The van der Waals surface area contributed by atoms with Gasteiger partial charge in [-0.25, -0.2) is 0 Å². The van der Waals surface area contributed by atoms with Gasteiger partial charge in [-0.3, -0.25) is 4.79 Å². The van der Waals surface area contributed by atoms with Crippen molar-refractivity contribution in [1.29, 1.82) is 0 Å². The van der Waals surface area contributed by atoms with Crippen molar-refractivity contribution >= 4 is 11.6 Å². The van der Waals surface area contributed by atoms with Gasteiger partial charge < -0.3 is 14.8 Å². The number of hydrogen-bond donors (Lipinski definition) is 1. The summed E-state index contributed by atoms with van der Waals surface area (Å²) in [5.41, 5.74) is -1.19. The monoisotopic (exact) mass is 353 g/mol. The molecule has 0 spiro atoms. The van der Waals surface area contributed by atoms with E-state index in [1.165, 1.54) is 25.3 Å². The molecule has 0 aromatic heterocycles. The van der Waals surface area contributed by atoms with Crippen LogP contribution in [-0.4, -0.2) is 19.1 Å². The lowest BCUT2D eigenvalue weighted by Crippen LogP contribution is -2.33. The summed E-state index contributed by atoms with van der Waals surface area (Å²) >= 11 is 0. The fraction of sp³-hybridized carbons (Fsp3) is 0.278. The highest BCUT2D eigenvalue weighted by atomic mass is 19.4. The molecule has 4 nitrogen and oxygen atoms in total. The lowest BCUT2D eigenvalue weighted by molar-refractivity contribution is -0.137. The molecule has 0 aliphatic heterocycles. The molecule has 0 radical (unpaired) electrons. The molecular weight excluding hydrogens is 335 g/mol. The second-order valence-electron chi connectivity index (χ2n) is 5.22. The highest BCUT2D eigenvalue weighted by molar-refractivity contribution is 5.95. The molecule has 2 aromatic carbocycles. The van der Waals surface area contributed by atoms with Crippen LogP contribution in [0, 0.1) is 0 Å². The van der Waals surface area contributed by atoms with Gasteiger partial charge in [-0.05, 0) is 42.8 Å². The molecule has 2 rings (SSSR count). The molecule has 0 fully saturated rings. The summed E-state index contributed by atoms with van der Waals surface area (Å²) in [6, 6.07) is 11.4. The molecule has 7 heteroatoms. The number of carbonyl (C=O) groups excluding carboxylic acids is 1.